The highest BCUT2D eigenvalue weighted by Crippen LogP contribution is 2.34. The highest BCUT2D eigenvalue weighted by atomic mass is 16.2. The van der Waals surface area contributed by atoms with Crippen molar-refractivity contribution < 1.29 is 9.59 Å². The van der Waals surface area contributed by atoms with Crippen molar-refractivity contribution in [3.8, 4) is 0 Å². The molecule has 3 aromatic rings. The second-order valence-corrected chi connectivity index (χ2v) is 11.0. The number of carbonyl (C=O) groups is 2. The number of aromatic nitrogens is 2. The first-order valence-electron chi connectivity index (χ1n) is 13.2. The van der Waals surface area contributed by atoms with Crippen LogP contribution in [0, 0.1) is 6.92 Å². The summed E-state index contributed by atoms with van der Waals surface area (Å²) in [5.41, 5.74) is 4.00. The van der Waals surface area contributed by atoms with Gasteiger partial charge < -0.3 is 19.7 Å². The van der Waals surface area contributed by atoms with E-state index >= 15 is 0 Å². The van der Waals surface area contributed by atoms with E-state index in [0.717, 1.165) is 29.8 Å². The van der Waals surface area contributed by atoms with E-state index in [1.807, 2.05) is 41.0 Å². The van der Waals surface area contributed by atoms with Gasteiger partial charge in [-0.2, -0.15) is 0 Å². The SMILES string of the molecule is C.CC(=O)N(c1cccnc1C)C1CCN(c2cc(C(=O)N3Cc4ccccc4C(C)(C)C3)cc(=O)[nH]2)CC1. The van der Waals surface area contributed by atoms with Crippen LogP contribution in [0.2, 0.25) is 0 Å². The lowest BCUT2D eigenvalue weighted by Gasteiger charge is -2.40. The van der Waals surface area contributed by atoms with Crippen molar-refractivity contribution in [1.82, 2.24) is 14.9 Å². The third kappa shape index (κ3) is 5.60. The Hall–Kier alpha value is -3.94. The molecular formula is C31H39N5O3. The fraction of sp³-hybridized carbons (Fsp3) is 0.419. The Morgan fingerprint density at radius 2 is 1.79 bits per heavy atom. The molecule has 8 nitrogen and oxygen atoms in total. The molecule has 1 saturated heterocycles. The van der Waals surface area contributed by atoms with Gasteiger partial charge in [-0.1, -0.05) is 45.5 Å². The van der Waals surface area contributed by atoms with Gasteiger partial charge in [0.1, 0.15) is 5.82 Å². The van der Waals surface area contributed by atoms with Crippen LogP contribution >= 0.6 is 0 Å². The molecule has 1 fully saturated rings. The number of carbonyl (C=O) groups excluding carboxylic acids is 2. The number of benzene rings is 1. The number of fused-ring (bicyclic) bond motifs is 1. The summed E-state index contributed by atoms with van der Waals surface area (Å²) >= 11 is 0. The van der Waals surface area contributed by atoms with Crippen molar-refractivity contribution in [2.45, 2.75) is 66.0 Å². The molecule has 0 saturated carbocycles. The minimum absolute atomic E-state index is 0. The van der Waals surface area contributed by atoms with Crippen LogP contribution in [0.25, 0.3) is 0 Å². The Morgan fingerprint density at radius 1 is 1.08 bits per heavy atom. The van der Waals surface area contributed by atoms with Crippen molar-refractivity contribution in [2.75, 3.05) is 29.4 Å². The predicted octanol–water partition coefficient (Wildman–Crippen LogP) is 4.67. The van der Waals surface area contributed by atoms with E-state index in [0.29, 0.717) is 37.6 Å². The summed E-state index contributed by atoms with van der Waals surface area (Å²) in [5.74, 6) is 0.499. The van der Waals surface area contributed by atoms with Gasteiger partial charge in [0.25, 0.3) is 5.91 Å². The summed E-state index contributed by atoms with van der Waals surface area (Å²) in [6.45, 7) is 10.2. The van der Waals surface area contributed by atoms with E-state index in [2.05, 4.69) is 40.8 Å². The Kier molecular flexibility index (Phi) is 7.95. The minimum atomic E-state index is -0.291. The number of nitrogens with zero attached hydrogens (tertiary/aromatic N) is 4. The lowest BCUT2D eigenvalue weighted by Crippen LogP contribution is -2.48. The molecule has 0 aliphatic carbocycles. The van der Waals surface area contributed by atoms with Crippen molar-refractivity contribution in [3.05, 3.63) is 87.5 Å². The molecule has 2 aliphatic rings. The molecule has 0 atom stereocenters. The van der Waals surface area contributed by atoms with Crippen molar-refractivity contribution >= 4 is 23.3 Å². The monoisotopic (exact) mass is 529 g/mol. The average molecular weight is 530 g/mol. The zero-order valence-corrected chi connectivity index (χ0v) is 22.5. The van der Waals surface area contributed by atoms with E-state index < -0.39 is 0 Å². The van der Waals surface area contributed by atoms with Gasteiger partial charge in [0.2, 0.25) is 11.5 Å². The Bertz CT molecular complexity index is 1420. The van der Waals surface area contributed by atoms with Gasteiger partial charge in [-0.3, -0.25) is 19.4 Å². The number of rotatable bonds is 4. The highest BCUT2D eigenvalue weighted by molar-refractivity contribution is 5.95. The van der Waals surface area contributed by atoms with Gasteiger partial charge in [-0.25, -0.2) is 0 Å². The molecular weight excluding hydrogens is 490 g/mol. The molecule has 2 aliphatic heterocycles. The number of anilines is 2. The Labute approximate surface area is 230 Å². The molecule has 2 aromatic heterocycles. The summed E-state index contributed by atoms with van der Waals surface area (Å²) < 4.78 is 0. The van der Waals surface area contributed by atoms with Crippen LogP contribution in [-0.4, -0.2) is 52.4 Å². The van der Waals surface area contributed by atoms with Crippen molar-refractivity contribution in [1.29, 1.82) is 0 Å². The van der Waals surface area contributed by atoms with Crippen LogP contribution in [0.15, 0.2) is 59.5 Å². The molecule has 8 heteroatoms. The molecule has 1 aromatic carbocycles. The summed E-state index contributed by atoms with van der Waals surface area (Å²) in [6.07, 6.45) is 3.21. The molecule has 0 bridgehead atoms. The van der Waals surface area contributed by atoms with Crippen LogP contribution < -0.4 is 15.4 Å². The van der Waals surface area contributed by atoms with E-state index in [1.165, 1.54) is 11.6 Å². The van der Waals surface area contributed by atoms with Gasteiger partial charge in [-0.05, 0) is 49.1 Å². The molecule has 0 unspecified atom stereocenters. The predicted molar refractivity (Wildman–Crippen MR) is 155 cm³/mol. The molecule has 206 valence electrons. The van der Waals surface area contributed by atoms with Gasteiger partial charge in [0.05, 0.1) is 11.4 Å². The van der Waals surface area contributed by atoms with E-state index in [1.54, 1.807) is 19.2 Å². The van der Waals surface area contributed by atoms with Gasteiger partial charge in [0.15, 0.2) is 0 Å². The number of H-pyrrole nitrogens is 1. The number of hydrogen-bond donors (Lipinski definition) is 1. The van der Waals surface area contributed by atoms with Crippen LogP contribution in [0.4, 0.5) is 11.5 Å². The van der Waals surface area contributed by atoms with Gasteiger partial charge >= 0.3 is 0 Å². The number of amides is 2. The zero-order valence-electron chi connectivity index (χ0n) is 22.5. The molecule has 4 heterocycles. The average Bonchev–Trinajstić information content (AvgIpc) is 2.89. The first-order valence-corrected chi connectivity index (χ1v) is 13.2. The van der Waals surface area contributed by atoms with Crippen LogP contribution in [-0.2, 0) is 16.8 Å². The number of pyridine rings is 2. The van der Waals surface area contributed by atoms with E-state index in [-0.39, 0.29) is 36.3 Å². The number of aromatic amines is 1. The van der Waals surface area contributed by atoms with E-state index in [4.69, 9.17) is 0 Å². The maximum absolute atomic E-state index is 13.6. The normalized spacial score (nSPS) is 16.7. The lowest BCUT2D eigenvalue weighted by molar-refractivity contribution is -0.117. The maximum Gasteiger partial charge on any atom is 0.254 e. The smallest absolute Gasteiger partial charge is 0.254 e. The maximum atomic E-state index is 13.6. The minimum Gasteiger partial charge on any atom is -0.358 e. The van der Waals surface area contributed by atoms with Gasteiger partial charge in [-0.15, -0.1) is 0 Å². The Morgan fingerprint density at radius 3 is 2.49 bits per heavy atom. The molecule has 39 heavy (non-hydrogen) atoms. The van der Waals surface area contributed by atoms with Gasteiger partial charge in [0, 0.05) is 62.4 Å². The summed E-state index contributed by atoms with van der Waals surface area (Å²) in [7, 11) is 0. The van der Waals surface area contributed by atoms with Crippen molar-refractivity contribution in [3.63, 3.8) is 0 Å². The second kappa shape index (κ2) is 11.0. The van der Waals surface area contributed by atoms with Crippen LogP contribution in [0.5, 0.6) is 0 Å². The molecule has 5 rings (SSSR count). The topological polar surface area (TPSA) is 89.6 Å². The van der Waals surface area contributed by atoms with Crippen LogP contribution in [0.3, 0.4) is 0 Å². The molecule has 1 N–H and O–H groups in total. The summed E-state index contributed by atoms with van der Waals surface area (Å²) in [6, 6.07) is 15.3. The first kappa shape index (κ1) is 28.1. The fourth-order valence-electron chi connectivity index (χ4n) is 6.01. The third-order valence-electron chi connectivity index (χ3n) is 7.81. The number of nitrogens with one attached hydrogen (secondary N) is 1. The quantitative estimate of drug-likeness (QED) is 0.531. The first-order chi connectivity index (χ1) is 18.1. The zero-order chi connectivity index (χ0) is 27.0. The van der Waals surface area contributed by atoms with Crippen molar-refractivity contribution in [2.24, 2.45) is 0 Å². The number of hydrogen-bond acceptors (Lipinski definition) is 5. The summed E-state index contributed by atoms with van der Waals surface area (Å²) in [4.78, 5) is 51.9. The largest absolute Gasteiger partial charge is 0.358 e. The van der Waals surface area contributed by atoms with Crippen LogP contribution in [0.1, 0.15) is 68.2 Å². The lowest BCUT2D eigenvalue weighted by atomic mass is 9.78. The van der Waals surface area contributed by atoms with E-state index in [9.17, 15) is 14.4 Å². The molecule has 0 radical (unpaired) electrons. The number of piperidine rings is 1. The molecule has 2 amide bonds. The third-order valence-corrected chi connectivity index (χ3v) is 7.81. The Balaban J connectivity index is 0.00000353. The highest BCUT2D eigenvalue weighted by Gasteiger charge is 2.34. The fourth-order valence-corrected chi connectivity index (χ4v) is 6.01. The second-order valence-electron chi connectivity index (χ2n) is 11.0. The molecule has 0 spiro atoms. The summed E-state index contributed by atoms with van der Waals surface area (Å²) in [5, 5.41) is 0. The standard InChI is InChI=1S/C30H35N5O3.CH4/c1-20-26(10-7-13-31-20)35(21(2)36)24-11-14-33(15-12-24)27-16-23(17-28(37)32-27)29(38)34-18-22-8-5-6-9-25(22)30(3,4)19-34;/h5-10,13,16-17,24H,11-12,14-15,18-19H2,1-4H3,(H,32,37);1H4. The number of aryl methyl sites for hydroxylation is 1.